The maximum atomic E-state index is 12.5. The fourth-order valence-corrected chi connectivity index (χ4v) is 3.67. The number of carbonyl (C=O) groups excluding carboxylic acids is 1. The number of benzene rings is 1. The summed E-state index contributed by atoms with van der Waals surface area (Å²) in [5.74, 6) is 0.724. The van der Waals surface area contributed by atoms with Gasteiger partial charge in [-0.05, 0) is 38.1 Å². The minimum atomic E-state index is -0.498. The Morgan fingerprint density at radius 2 is 1.97 bits per heavy atom. The average molecular weight is 422 g/mol. The summed E-state index contributed by atoms with van der Waals surface area (Å²) in [7, 11) is 0. The number of para-hydroxylation sites is 1. The van der Waals surface area contributed by atoms with Gasteiger partial charge in [0.15, 0.2) is 6.61 Å². The predicted octanol–water partition coefficient (Wildman–Crippen LogP) is 4.32. The molecule has 0 saturated carbocycles. The molecule has 0 spiro atoms. The zero-order valence-electron chi connectivity index (χ0n) is 16.4. The number of carbonyl (C=O) groups is 1. The number of aryl methyl sites for hydroxylation is 1. The third-order valence-electron chi connectivity index (χ3n) is 4.09. The first-order valence-corrected chi connectivity index (χ1v) is 10.1. The Bertz CT molecular complexity index is 1160. The van der Waals surface area contributed by atoms with Crippen molar-refractivity contribution in [3.05, 3.63) is 65.1 Å². The van der Waals surface area contributed by atoms with Gasteiger partial charge in [0.1, 0.15) is 15.6 Å². The molecule has 0 aliphatic rings. The van der Waals surface area contributed by atoms with Crippen LogP contribution in [0.15, 0.2) is 53.2 Å². The molecule has 0 unspecified atom stereocenters. The summed E-state index contributed by atoms with van der Waals surface area (Å²) >= 11 is 1.23. The van der Waals surface area contributed by atoms with Gasteiger partial charge in [-0.3, -0.25) is 4.98 Å². The lowest BCUT2D eigenvalue weighted by molar-refractivity contribution is 0.0434. The van der Waals surface area contributed by atoms with E-state index in [1.807, 2.05) is 49.4 Å². The topological polar surface area (TPSA) is 100 Å². The van der Waals surface area contributed by atoms with Crippen molar-refractivity contribution < 1.29 is 18.8 Å². The second kappa shape index (κ2) is 8.83. The van der Waals surface area contributed by atoms with Crippen molar-refractivity contribution in [1.29, 1.82) is 0 Å². The number of thiazole rings is 1. The van der Waals surface area contributed by atoms with E-state index in [-0.39, 0.29) is 12.5 Å². The van der Waals surface area contributed by atoms with E-state index >= 15 is 0 Å². The van der Waals surface area contributed by atoms with Crippen LogP contribution in [0.3, 0.4) is 0 Å². The fourth-order valence-electron chi connectivity index (χ4n) is 2.73. The van der Waals surface area contributed by atoms with Gasteiger partial charge in [-0.15, -0.1) is 11.3 Å². The van der Waals surface area contributed by atoms with E-state index in [1.54, 1.807) is 13.1 Å². The van der Waals surface area contributed by atoms with Gasteiger partial charge in [0, 0.05) is 6.20 Å². The van der Waals surface area contributed by atoms with Crippen LogP contribution in [-0.4, -0.2) is 32.7 Å². The van der Waals surface area contributed by atoms with Crippen molar-refractivity contribution in [3.8, 4) is 27.8 Å². The van der Waals surface area contributed by atoms with Gasteiger partial charge in [-0.1, -0.05) is 23.4 Å². The Labute approximate surface area is 176 Å². The molecule has 3 heterocycles. The lowest BCUT2D eigenvalue weighted by atomic mass is 10.2. The van der Waals surface area contributed by atoms with Gasteiger partial charge in [0.05, 0.1) is 23.6 Å². The molecule has 0 atom stereocenters. The second-order valence-corrected chi connectivity index (χ2v) is 7.16. The van der Waals surface area contributed by atoms with Crippen LogP contribution in [-0.2, 0) is 11.3 Å². The summed E-state index contributed by atoms with van der Waals surface area (Å²) in [5, 5.41) is 4.63. The minimum Gasteiger partial charge on any atom is -0.493 e. The summed E-state index contributed by atoms with van der Waals surface area (Å²) < 4.78 is 16.2. The second-order valence-electron chi connectivity index (χ2n) is 6.17. The molecule has 0 amide bonds. The van der Waals surface area contributed by atoms with Gasteiger partial charge in [0.25, 0.3) is 5.89 Å². The maximum Gasteiger partial charge on any atom is 0.350 e. The average Bonchev–Trinajstić information content (AvgIpc) is 3.40. The molecule has 30 heavy (non-hydrogen) atoms. The van der Waals surface area contributed by atoms with Crippen molar-refractivity contribution in [2.24, 2.45) is 0 Å². The number of esters is 1. The van der Waals surface area contributed by atoms with E-state index in [1.165, 1.54) is 11.3 Å². The van der Waals surface area contributed by atoms with Crippen LogP contribution in [0.4, 0.5) is 0 Å². The largest absolute Gasteiger partial charge is 0.493 e. The molecule has 0 saturated heterocycles. The predicted molar refractivity (Wildman–Crippen MR) is 110 cm³/mol. The highest BCUT2D eigenvalue weighted by Gasteiger charge is 2.20. The quantitative estimate of drug-likeness (QED) is 0.406. The third kappa shape index (κ3) is 4.20. The Morgan fingerprint density at radius 3 is 2.77 bits per heavy atom. The van der Waals surface area contributed by atoms with Crippen LogP contribution in [0, 0.1) is 6.92 Å². The molecule has 0 fully saturated rings. The first-order valence-electron chi connectivity index (χ1n) is 9.26. The van der Waals surface area contributed by atoms with Crippen LogP contribution >= 0.6 is 11.3 Å². The molecule has 0 N–H and O–H groups in total. The minimum absolute atomic E-state index is 0.140. The molecule has 4 rings (SSSR count). The first kappa shape index (κ1) is 19.7. The molecule has 4 aromatic rings. The third-order valence-corrected chi connectivity index (χ3v) is 5.25. The molecule has 9 heteroatoms. The van der Waals surface area contributed by atoms with Gasteiger partial charge < -0.3 is 14.0 Å². The highest BCUT2D eigenvalue weighted by Crippen LogP contribution is 2.29. The van der Waals surface area contributed by atoms with Gasteiger partial charge in [0.2, 0.25) is 5.82 Å². The van der Waals surface area contributed by atoms with Crippen LogP contribution in [0.2, 0.25) is 0 Å². The Kier molecular flexibility index (Phi) is 5.80. The number of pyridine rings is 1. The summed E-state index contributed by atoms with van der Waals surface area (Å²) in [6.45, 7) is 4.04. The van der Waals surface area contributed by atoms with Crippen LogP contribution in [0.25, 0.3) is 22.1 Å². The number of aromatic nitrogens is 4. The van der Waals surface area contributed by atoms with Crippen molar-refractivity contribution in [2.45, 2.75) is 20.5 Å². The van der Waals surface area contributed by atoms with Gasteiger partial charge in [-0.25, -0.2) is 9.78 Å². The van der Waals surface area contributed by atoms with Gasteiger partial charge in [-0.2, -0.15) is 4.98 Å². The van der Waals surface area contributed by atoms with E-state index in [0.29, 0.717) is 45.0 Å². The summed E-state index contributed by atoms with van der Waals surface area (Å²) in [5.41, 5.74) is 2.00. The number of nitrogens with zero attached hydrogens (tertiary/aromatic N) is 4. The smallest absolute Gasteiger partial charge is 0.350 e. The number of hydrogen-bond donors (Lipinski definition) is 0. The monoisotopic (exact) mass is 422 g/mol. The molecular weight excluding hydrogens is 404 g/mol. The molecule has 152 valence electrons. The van der Waals surface area contributed by atoms with Crippen LogP contribution in [0.5, 0.6) is 5.75 Å². The Balaban J connectivity index is 1.45. The summed E-state index contributed by atoms with van der Waals surface area (Å²) in [4.78, 5) is 25.9. The SMILES string of the molecule is CCOc1ccccc1-c1noc(COC(=O)c2sc(-c3ccccn3)nc2C)n1. The normalized spacial score (nSPS) is 10.7. The number of ether oxygens (including phenoxy) is 2. The van der Waals surface area contributed by atoms with Crippen LogP contribution < -0.4 is 4.74 Å². The maximum absolute atomic E-state index is 12.5. The van der Waals surface area contributed by atoms with E-state index in [9.17, 15) is 4.79 Å². The lowest BCUT2D eigenvalue weighted by Gasteiger charge is -2.06. The van der Waals surface area contributed by atoms with Crippen molar-refractivity contribution in [2.75, 3.05) is 6.61 Å². The first-order chi connectivity index (χ1) is 14.7. The molecule has 3 aromatic heterocycles. The van der Waals surface area contributed by atoms with Crippen molar-refractivity contribution >= 4 is 17.3 Å². The number of hydrogen-bond acceptors (Lipinski definition) is 9. The van der Waals surface area contributed by atoms with E-state index < -0.39 is 5.97 Å². The molecule has 0 aliphatic heterocycles. The highest BCUT2D eigenvalue weighted by atomic mass is 32.1. The van der Waals surface area contributed by atoms with E-state index in [2.05, 4.69) is 20.1 Å². The lowest BCUT2D eigenvalue weighted by Crippen LogP contribution is -2.05. The molecule has 0 bridgehead atoms. The standard InChI is InChI=1S/C21H18N4O4S/c1-3-27-16-10-5-4-8-14(16)19-24-17(29-25-19)12-28-21(26)18-13(2)23-20(30-18)15-9-6-7-11-22-15/h4-11H,3,12H2,1-2H3. The van der Waals surface area contributed by atoms with Crippen molar-refractivity contribution in [3.63, 3.8) is 0 Å². The zero-order chi connectivity index (χ0) is 20.9. The number of rotatable bonds is 7. The molecule has 1 aromatic carbocycles. The summed E-state index contributed by atoms with van der Waals surface area (Å²) in [6.07, 6.45) is 1.68. The Hall–Kier alpha value is -3.59. The summed E-state index contributed by atoms with van der Waals surface area (Å²) in [6, 6.07) is 12.9. The fraction of sp³-hybridized carbons (Fsp3) is 0.190. The van der Waals surface area contributed by atoms with Crippen molar-refractivity contribution in [1.82, 2.24) is 20.1 Å². The molecular formula is C21H18N4O4S. The Morgan fingerprint density at radius 1 is 1.13 bits per heavy atom. The molecule has 0 radical (unpaired) electrons. The zero-order valence-corrected chi connectivity index (χ0v) is 17.2. The van der Waals surface area contributed by atoms with E-state index in [4.69, 9.17) is 14.0 Å². The molecule has 0 aliphatic carbocycles. The molecule has 8 nitrogen and oxygen atoms in total. The highest BCUT2D eigenvalue weighted by molar-refractivity contribution is 7.17. The van der Waals surface area contributed by atoms with Crippen LogP contribution in [0.1, 0.15) is 28.2 Å². The van der Waals surface area contributed by atoms with E-state index in [0.717, 1.165) is 0 Å². The van der Waals surface area contributed by atoms with Gasteiger partial charge >= 0.3 is 5.97 Å².